The smallest absolute Gasteiger partial charge is 0.223 e. The molecule has 150 valence electrons. The molecule has 0 aromatic carbocycles. The third-order valence-corrected chi connectivity index (χ3v) is 5.97. The Morgan fingerprint density at radius 3 is 2.54 bits per heavy atom. The number of amides is 1. The average Bonchev–Trinajstić information content (AvgIpc) is 3.32. The summed E-state index contributed by atoms with van der Waals surface area (Å²) in [4.78, 5) is 16.3. The third-order valence-electron chi connectivity index (χ3n) is 5.97. The summed E-state index contributed by atoms with van der Waals surface area (Å²) in [6.07, 6.45) is 8.69. The van der Waals surface area contributed by atoms with E-state index in [4.69, 9.17) is 4.74 Å². The van der Waals surface area contributed by atoms with Crippen molar-refractivity contribution in [3.05, 3.63) is 0 Å². The van der Waals surface area contributed by atoms with E-state index in [0.29, 0.717) is 30.7 Å². The van der Waals surface area contributed by atoms with Gasteiger partial charge in [0.05, 0.1) is 12.6 Å². The van der Waals surface area contributed by atoms with Gasteiger partial charge in [-0.2, -0.15) is 0 Å². The van der Waals surface area contributed by atoms with Crippen LogP contribution in [0.15, 0.2) is 4.99 Å². The second-order valence-electron chi connectivity index (χ2n) is 7.64. The van der Waals surface area contributed by atoms with Crippen LogP contribution in [0.25, 0.3) is 0 Å². The quantitative estimate of drug-likeness (QED) is 0.217. The van der Waals surface area contributed by atoms with E-state index < -0.39 is 0 Å². The van der Waals surface area contributed by atoms with Gasteiger partial charge in [0.15, 0.2) is 5.96 Å². The molecule has 1 amide bonds. The van der Waals surface area contributed by atoms with Gasteiger partial charge in [-0.1, -0.05) is 12.8 Å². The molecule has 0 heterocycles. The fourth-order valence-electron chi connectivity index (χ4n) is 4.41. The van der Waals surface area contributed by atoms with Crippen LogP contribution in [0.5, 0.6) is 0 Å². The Kier molecular flexibility index (Phi) is 8.44. The van der Waals surface area contributed by atoms with Crippen LogP contribution in [0.2, 0.25) is 0 Å². The van der Waals surface area contributed by atoms with Crippen LogP contribution in [0.4, 0.5) is 0 Å². The van der Waals surface area contributed by atoms with Gasteiger partial charge in [0.1, 0.15) is 0 Å². The van der Waals surface area contributed by atoms with Crippen molar-refractivity contribution >= 4 is 35.8 Å². The molecule has 7 heteroatoms. The second kappa shape index (κ2) is 10.1. The maximum Gasteiger partial charge on any atom is 0.223 e. The highest BCUT2D eigenvalue weighted by Crippen LogP contribution is 2.54. The molecule has 0 aliphatic heterocycles. The number of nitrogens with one attached hydrogen (secondary N) is 3. The first-order chi connectivity index (χ1) is 12.2. The van der Waals surface area contributed by atoms with Crippen LogP contribution in [-0.4, -0.2) is 50.3 Å². The van der Waals surface area contributed by atoms with Crippen molar-refractivity contribution in [3.63, 3.8) is 0 Å². The van der Waals surface area contributed by atoms with E-state index in [0.717, 1.165) is 38.4 Å². The number of hydrogen-bond acceptors (Lipinski definition) is 3. The van der Waals surface area contributed by atoms with Gasteiger partial charge in [0.25, 0.3) is 0 Å². The van der Waals surface area contributed by atoms with Crippen molar-refractivity contribution in [2.75, 3.05) is 26.2 Å². The highest BCUT2D eigenvalue weighted by atomic mass is 127. The van der Waals surface area contributed by atoms with Crippen molar-refractivity contribution in [1.82, 2.24) is 16.0 Å². The molecule has 0 aromatic rings. The molecule has 3 aliphatic rings. The lowest BCUT2D eigenvalue weighted by Gasteiger charge is -2.54. The Hall–Kier alpha value is -0.570. The second-order valence-corrected chi connectivity index (χ2v) is 7.64. The Morgan fingerprint density at radius 1 is 1.19 bits per heavy atom. The van der Waals surface area contributed by atoms with Gasteiger partial charge in [-0.15, -0.1) is 24.0 Å². The summed E-state index contributed by atoms with van der Waals surface area (Å²) in [6, 6.07) is 0.449. The van der Waals surface area contributed by atoms with Crippen LogP contribution in [-0.2, 0) is 9.53 Å². The van der Waals surface area contributed by atoms with E-state index in [1.807, 2.05) is 0 Å². The van der Waals surface area contributed by atoms with Crippen molar-refractivity contribution in [2.24, 2.45) is 16.3 Å². The number of aliphatic imine (C=N–C) groups is 1. The topological polar surface area (TPSA) is 74.8 Å². The minimum absolute atomic E-state index is 0. The van der Waals surface area contributed by atoms with Crippen LogP contribution in [0.1, 0.15) is 58.8 Å². The van der Waals surface area contributed by atoms with Gasteiger partial charge < -0.3 is 20.7 Å². The number of guanidine groups is 1. The van der Waals surface area contributed by atoms with Crippen LogP contribution in [0.3, 0.4) is 0 Å². The van der Waals surface area contributed by atoms with Gasteiger partial charge in [-0.05, 0) is 46.0 Å². The highest BCUT2D eigenvalue weighted by Gasteiger charge is 2.56. The Balaban J connectivity index is 0.00000243. The Bertz CT molecular complexity index is 490. The number of carbonyl (C=O) groups is 1. The molecular weight excluding hydrogens is 443 g/mol. The van der Waals surface area contributed by atoms with Crippen LogP contribution >= 0.6 is 24.0 Å². The molecule has 3 aliphatic carbocycles. The maximum atomic E-state index is 11.7. The fraction of sp³-hybridized carbons (Fsp3) is 0.895. The SMILES string of the molecule is CCNC(=NCCNC(=O)C1CC1)NC1CC(OCC)C12CCCC2.I. The number of halogens is 1. The first-order valence-corrected chi connectivity index (χ1v) is 10.1. The molecule has 3 saturated carbocycles. The third kappa shape index (κ3) is 5.03. The standard InChI is InChI=1S/C19H34N4O2.HI/c1-3-20-18(22-12-11-21-17(24)14-7-8-14)23-15-13-16(25-4-2)19(15)9-5-6-10-19;/h14-16H,3-13H2,1-2H3,(H,21,24)(H2,20,22,23);1H. The van der Waals surface area contributed by atoms with Crippen molar-refractivity contribution in [1.29, 1.82) is 0 Å². The summed E-state index contributed by atoms with van der Waals surface area (Å²) in [5, 5.41) is 9.96. The molecule has 26 heavy (non-hydrogen) atoms. The lowest BCUT2D eigenvalue weighted by molar-refractivity contribution is -0.125. The number of rotatable bonds is 8. The highest BCUT2D eigenvalue weighted by molar-refractivity contribution is 14.0. The van der Waals surface area contributed by atoms with E-state index in [2.05, 4.69) is 34.8 Å². The monoisotopic (exact) mass is 478 g/mol. The largest absolute Gasteiger partial charge is 0.378 e. The molecule has 0 aromatic heterocycles. The zero-order chi connectivity index (χ0) is 17.7. The van der Waals surface area contributed by atoms with E-state index in [-0.39, 0.29) is 35.8 Å². The number of nitrogens with zero attached hydrogens (tertiary/aromatic N) is 1. The fourth-order valence-corrected chi connectivity index (χ4v) is 4.41. The summed E-state index contributed by atoms with van der Waals surface area (Å²) < 4.78 is 5.99. The Labute approximate surface area is 174 Å². The number of hydrogen-bond donors (Lipinski definition) is 3. The van der Waals surface area contributed by atoms with E-state index in [1.54, 1.807) is 0 Å². The van der Waals surface area contributed by atoms with Gasteiger partial charge in [0.2, 0.25) is 5.91 Å². The number of ether oxygens (including phenoxy) is 1. The van der Waals surface area contributed by atoms with Crippen LogP contribution in [0, 0.1) is 11.3 Å². The normalized spacial score (nSPS) is 26.8. The summed E-state index contributed by atoms with van der Waals surface area (Å²) >= 11 is 0. The molecule has 0 radical (unpaired) electrons. The molecule has 1 spiro atoms. The minimum Gasteiger partial charge on any atom is -0.378 e. The summed E-state index contributed by atoms with van der Waals surface area (Å²) in [6.45, 7) is 7.04. The van der Waals surface area contributed by atoms with E-state index >= 15 is 0 Å². The first kappa shape index (κ1) is 21.7. The summed E-state index contributed by atoms with van der Waals surface area (Å²) in [5.41, 5.74) is 0.298. The molecule has 0 saturated heterocycles. The van der Waals surface area contributed by atoms with Gasteiger partial charge in [-0.25, -0.2) is 0 Å². The predicted octanol–water partition coefficient (Wildman–Crippen LogP) is 2.42. The lowest BCUT2D eigenvalue weighted by atomic mass is 9.60. The zero-order valence-corrected chi connectivity index (χ0v) is 18.5. The molecule has 3 N–H and O–H groups in total. The molecule has 2 atom stereocenters. The number of carbonyl (C=O) groups excluding carboxylic acids is 1. The van der Waals surface area contributed by atoms with Crippen LogP contribution < -0.4 is 16.0 Å². The van der Waals surface area contributed by atoms with E-state index in [9.17, 15) is 4.79 Å². The molecule has 3 rings (SSSR count). The van der Waals surface area contributed by atoms with E-state index in [1.165, 1.54) is 25.7 Å². The molecule has 2 unspecified atom stereocenters. The zero-order valence-electron chi connectivity index (χ0n) is 16.2. The predicted molar refractivity (Wildman–Crippen MR) is 115 cm³/mol. The average molecular weight is 478 g/mol. The summed E-state index contributed by atoms with van der Waals surface area (Å²) in [5.74, 6) is 1.33. The maximum absolute atomic E-state index is 11.7. The van der Waals surface area contributed by atoms with Crippen molar-refractivity contribution in [2.45, 2.75) is 70.9 Å². The van der Waals surface area contributed by atoms with Gasteiger partial charge >= 0.3 is 0 Å². The lowest BCUT2D eigenvalue weighted by Crippen LogP contribution is -2.65. The Morgan fingerprint density at radius 2 is 1.92 bits per heavy atom. The molecule has 3 fully saturated rings. The minimum atomic E-state index is 0. The van der Waals surface area contributed by atoms with Crippen molar-refractivity contribution in [3.8, 4) is 0 Å². The molecule has 6 nitrogen and oxygen atoms in total. The van der Waals surface area contributed by atoms with Crippen molar-refractivity contribution < 1.29 is 9.53 Å². The van der Waals surface area contributed by atoms with Gasteiger partial charge in [-0.3, -0.25) is 9.79 Å². The first-order valence-electron chi connectivity index (χ1n) is 10.1. The summed E-state index contributed by atoms with van der Waals surface area (Å²) in [7, 11) is 0. The van der Waals surface area contributed by atoms with Gasteiger partial charge in [0, 0.05) is 37.1 Å². The molecule has 0 bridgehead atoms. The molecular formula is C19H35IN4O2.